The molecule has 0 aliphatic rings. The molecule has 0 spiro atoms. The molecule has 5 nitrogen and oxygen atoms in total. The Bertz CT molecular complexity index is 508. The van der Waals surface area contributed by atoms with Crippen LogP contribution in [0.4, 0.5) is 13.2 Å². The standard InChI is InChI=1S/C7H9NO2S.C2HF3O2/c1-6-2-4-7(5-3-6)11(8,9)10;3-2(4,5)1(6)7/h2-5H,1H3,(H2,8,9,10);(H,6,7). The minimum Gasteiger partial charge on any atom is -0.475 e. The molecule has 0 saturated heterocycles. The minimum absolute atomic E-state index is 0.156. The molecule has 0 aliphatic heterocycles. The second-order valence-electron chi connectivity index (χ2n) is 3.16. The second-order valence-corrected chi connectivity index (χ2v) is 4.72. The van der Waals surface area contributed by atoms with Gasteiger partial charge >= 0.3 is 12.1 Å². The van der Waals surface area contributed by atoms with Crippen molar-refractivity contribution in [3.63, 3.8) is 0 Å². The summed E-state index contributed by atoms with van der Waals surface area (Å²) in [5, 5.41) is 12.0. The van der Waals surface area contributed by atoms with Gasteiger partial charge in [-0.05, 0) is 19.1 Å². The van der Waals surface area contributed by atoms with Crippen LogP contribution in [0.5, 0.6) is 0 Å². The quantitative estimate of drug-likeness (QED) is 0.812. The molecule has 9 heteroatoms. The van der Waals surface area contributed by atoms with E-state index in [4.69, 9.17) is 15.0 Å². The highest BCUT2D eigenvalue weighted by Gasteiger charge is 2.38. The number of nitrogens with two attached hydrogens (primary N) is 1. The molecule has 1 aromatic rings. The van der Waals surface area contributed by atoms with Crippen molar-refractivity contribution in [3.05, 3.63) is 29.8 Å². The highest BCUT2D eigenvalue weighted by atomic mass is 32.2. The van der Waals surface area contributed by atoms with Crippen molar-refractivity contribution in [1.29, 1.82) is 0 Å². The van der Waals surface area contributed by atoms with Crippen LogP contribution in [0.2, 0.25) is 0 Å². The number of alkyl halides is 3. The lowest BCUT2D eigenvalue weighted by Gasteiger charge is -1.96. The predicted octanol–water partition coefficient (Wildman–Crippen LogP) is 1.28. The fourth-order valence-corrected chi connectivity index (χ4v) is 1.24. The number of carbonyl (C=O) groups is 1. The zero-order valence-electron chi connectivity index (χ0n) is 9.10. The molecule has 0 atom stereocenters. The number of primary sulfonamides is 1. The Kier molecular flexibility index (Phi) is 5.30. The van der Waals surface area contributed by atoms with Gasteiger partial charge < -0.3 is 5.11 Å². The highest BCUT2D eigenvalue weighted by Crippen LogP contribution is 2.13. The number of aryl methyl sites for hydroxylation is 1. The average Bonchev–Trinajstić information content (AvgIpc) is 2.16. The largest absolute Gasteiger partial charge is 0.490 e. The van der Waals surface area contributed by atoms with Gasteiger partial charge in [-0.15, -0.1) is 0 Å². The zero-order chi connectivity index (χ0) is 14.6. The maximum atomic E-state index is 10.7. The van der Waals surface area contributed by atoms with Gasteiger partial charge in [0.25, 0.3) is 0 Å². The summed E-state index contributed by atoms with van der Waals surface area (Å²) in [6.07, 6.45) is -5.08. The van der Waals surface area contributed by atoms with Crippen molar-refractivity contribution in [2.24, 2.45) is 5.14 Å². The number of carboxylic acids is 1. The predicted molar refractivity (Wildman–Crippen MR) is 56.2 cm³/mol. The van der Waals surface area contributed by atoms with Gasteiger partial charge in [0.2, 0.25) is 10.0 Å². The lowest BCUT2D eigenvalue weighted by atomic mass is 10.2. The number of halogens is 3. The van der Waals surface area contributed by atoms with E-state index in [9.17, 15) is 21.6 Å². The summed E-state index contributed by atoms with van der Waals surface area (Å²) in [5.74, 6) is -2.76. The third-order valence-electron chi connectivity index (χ3n) is 1.59. The summed E-state index contributed by atoms with van der Waals surface area (Å²) >= 11 is 0. The average molecular weight is 285 g/mol. The maximum absolute atomic E-state index is 10.7. The van der Waals surface area contributed by atoms with Crippen LogP contribution in [0.15, 0.2) is 29.2 Å². The minimum atomic E-state index is -5.08. The number of hydrogen-bond acceptors (Lipinski definition) is 3. The van der Waals surface area contributed by atoms with Crippen LogP contribution in [0.1, 0.15) is 5.56 Å². The molecule has 0 aromatic heterocycles. The van der Waals surface area contributed by atoms with E-state index in [0.717, 1.165) is 5.56 Å². The van der Waals surface area contributed by atoms with Crippen LogP contribution in [0, 0.1) is 6.92 Å². The van der Waals surface area contributed by atoms with E-state index >= 15 is 0 Å². The molecule has 0 unspecified atom stereocenters. The van der Waals surface area contributed by atoms with Crippen molar-refractivity contribution in [1.82, 2.24) is 0 Å². The van der Waals surface area contributed by atoms with Crippen molar-refractivity contribution in [2.75, 3.05) is 0 Å². The number of rotatable bonds is 1. The Morgan fingerprint density at radius 1 is 1.22 bits per heavy atom. The molecule has 102 valence electrons. The van der Waals surface area contributed by atoms with Gasteiger partial charge in [-0.3, -0.25) is 0 Å². The molecule has 3 N–H and O–H groups in total. The number of aliphatic carboxylic acids is 1. The lowest BCUT2D eigenvalue weighted by Crippen LogP contribution is -2.21. The molecule has 0 heterocycles. The first-order valence-electron chi connectivity index (χ1n) is 4.34. The van der Waals surface area contributed by atoms with Gasteiger partial charge in [0.05, 0.1) is 4.90 Å². The molecular weight excluding hydrogens is 275 g/mol. The highest BCUT2D eigenvalue weighted by molar-refractivity contribution is 7.89. The Hall–Kier alpha value is -1.61. The summed E-state index contributed by atoms with van der Waals surface area (Å²) in [6, 6.07) is 6.40. The van der Waals surface area contributed by atoms with Crippen molar-refractivity contribution in [3.8, 4) is 0 Å². The van der Waals surface area contributed by atoms with E-state index in [1.54, 1.807) is 12.1 Å². The Balaban J connectivity index is 0.000000360. The number of hydrogen-bond donors (Lipinski definition) is 2. The molecule has 0 bridgehead atoms. The smallest absolute Gasteiger partial charge is 0.475 e. The Morgan fingerprint density at radius 3 is 1.78 bits per heavy atom. The Morgan fingerprint density at radius 2 is 1.56 bits per heavy atom. The molecule has 0 fully saturated rings. The third-order valence-corrected chi connectivity index (χ3v) is 2.52. The normalized spacial score (nSPS) is 11.4. The number of sulfonamides is 1. The zero-order valence-corrected chi connectivity index (χ0v) is 9.92. The van der Waals surface area contributed by atoms with Crippen molar-refractivity contribution in [2.45, 2.75) is 18.0 Å². The first kappa shape index (κ1) is 16.4. The lowest BCUT2D eigenvalue weighted by molar-refractivity contribution is -0.192. The van der Waals surface area contributed by atoms with Gasteiger partial charge in [0.1, 0.15) is 0 Å². The molecule has 1 aromatic carbocycles. The van der Waals surface area contributed by atoms with Crippen LogP contribution in [0.3, 0.4) is 0 Å². The molecule has 0 saturated carbocycles. The summed E-state index contributed by atoms with van der Waals surface area (Å²) < 4.78 is 53.2. The first-order chi connectivity index (χ1) is 7.94. The van der Waals surface area contributed by atoms with Crippen LogP contribution >= 0.6 is 0 Å². The van der Waals surface area contributed by atoms with Gasteiger partial charge in [0.15, 0.2) is 0 Å². The van der Waals surface area contributed by atoms with Crippen LogP contribution in [-0.2, 0) is 14.8 Å². The van der Waals surface area contributed by atoms with Gasteiger partial charge in [0, 0.05) is 0 Å². The number of benzene rings is 1. The topological polar surface area (TPSA) is 97.5 Å². The monoisotopic (exact) mass is 285 g/mol. The second kappa shape index (κ2) is 5.83. The van der Waals surface area contributed by atoms with Gasteiger partial charge in [-0.1, -0.05) is 17.7 Å². The Labute approximate surface area is 101 Å². The fourth-order valence-electron chi connectivity index (χ4n) is 0.728. The van der Waals surface area contributed by atoms with Crippen LogP contribution in [0.25, 0.3) is 0 Å². The molecule has 0 radical (unpaired) electrons. The molecular formula is C9H10F3NO4S. The molecule has 0 amide bonds. The first-order valence-corrected chi connectivity index (χ1v) is 5.89. The molecule has 1 rings (SSSR count). The SMILES string of the molecule is Cc1ccc(S(N)(=O)=O)cc1.O=C(O)C(F)(F)F. The molecule has 0 aliphatic carbocycles. The van der Waals surface area contributed by atoms with E-state index < -0.39 is 22.2 Å². The van der Waals surface area contributed by atoms with Crippen LogP contribution in [-0.4, -0.2) is 25.7 Å². The van der Waals surface area contributed by atoms with Crippen LogP contribution < -0.4 is 5.14 Å². The third kappa shape index (κ3) is 6.21. The summed E-state index contributed by atoms with van der Waals surface area (Å²) in [6.45, 7) is 1.88. The van der Waals surface area contributed by atoms with E-state index in [-0.39, 0.29) is 4.90 Å². The van der Waals surface area contributed by atoms with E-state index in [0.29, 0.717) is 0 Å². The maximum Gasteiger partial charge on any atom is 0.490 e. The van der Waals surface area contributed by atoms with Gasteiger partial charge in [-0.25, -0.2) is 18.4 Å². The summed E-state index contributed by atoms with van der Waals surface area (Å²) in [7, 11) is -3.52. The summed E-state index contributed by atoms with van der Waals surface area (Å²) in [4.78, 5) is 9.05. The number of carboxylic acid groups (broad SMARTS) is 1. The van der Waals surface area contributed by atoms with Gasteiger partial charge in [-0.2, -0.15) is 13.2 Å². The van der Waals surface area contributed by atoms with E-state index in [1.807, 2.05) is 6.92 Å². The van der Waals surface area contributed by atoms with Crippen molar-refractivity contribution < 1.29 is 31.5 Å². The fraction of sp³-hybridized carbons (Fsp3) is 0.222. The van der Waals surface area contributed by atoms with Crippen molar-refractivity contribution >= 4 is 16.0 Å². The molecule has 18 heavy (non-hydrogen) atoms. The van der Waals surface area contributed by atoms with E-state index in [1.165, 1.54) is 12.1 Å². The summed E-state index contributed by atoms with van der Waals surface area (Å²) in [5.41, 5.74) is 1.01. The van der Waals surface area contributed by atoms with E-state index in [2.05, 4.69) is 0 Å².